The summed E-state index contributed by atoms with van der Waals surface area (Å²) >= 11 is 0. The lowest BCUT2D eigenvalue weighted by molar-refractivity contribution is 0.0985. The lowest BCUT2D eigenvalue weighted by atomic mass is 10.1. The fraction of sp³-hybridized carbons (Fsp3) is 0.0400. The van der Waals surface area contributed by atoms with Crippen molar-refractivity contribution in [3.8, 4) is 11.6 Å². The van der Waals surface area contributed by atoms with Gasteiger partial charge in [0.2, 0.25) is 5.88 Å². The highest BCUT2D eigenvalue weighted by atomic mass is 16.5. The average Bonchev–Trinajstić information content (AvgIpc) is 2.95. The minimum Gasteiger partial charge on any atom is -0.436 e. The molecule has 8 nitrogen and oxygen atoms in total. The first-order valence-corrected chi connectivity index (χ1v) is 10.3. The number of carbonyl (C=O) groups is 2. The third kappa shape index (κ3) is 4.35. The molecule has 0 atom stereocenters. The molecule has 1 aliphatic rings. The molecule has 0 bridgehead atoms. The molecule has 0 spiro atoms. The molecule has 3 heterocycles. The highest BCUT2D eigenvalue weighted by molar-refractivity contribution is 6.09. The Balaban J connectivity index is 1.47. The number of anilines is 3. The van der Waals surface area contributed by atoms with Gasteiger partial charge >= 0.3 is 6.03 Å². The van der Waals surface area contributed by atoms with Gasteiger partial charge in [0.25, 0.3) is 5.91 Å². The monoisotopic (exact) mass is 437 g/mol. The van der Waals surface area contributed by atoms with E-state index in [0.29, 0.717) is 34.9 Å². The van der Waals surface area contributed by atoms with Crippen LogP contribution in [0, 0.1) is 0 Å². The van der Waals surface area contributed by atoms with E-state index in [4.69, 9.17) is 4.74 Å². The lowest BCUT2D eigenvalue weighted by Crippen LogP contribution is -2.29. The van der Waals surface area contributed by atoms with Gasteiger partial charge in [0.05, 0.1) is 12.2 Å². The van der Waals surface area contributed by atoms with E-state index < -0.39 is 6.03 Å². The van der Waals surface area contributed by atoms with Crippen molar-refractivity contribution >= 4 is 29.0 Å². The number of aromatic nitrogens is 2. The molecule has 0 aliphatic carbocycles. The number of urea groups is 1. The quantitative estimate of drug-likeness (QED) is 0.464. The van der Waals surface area contributed by atoms with Crippen molar-refractivity contribution < 1.29 is 14.3 Å². The van der Waals surface area contributed by atoms with Crippen molar-refractivity contribution in [3.05, 3.63) is 103 Å². The molecule has 0 saturated heterocycles. The maximum atomic E-state index is 13.4. The van der Waals surface area contributed by atoms with Crippen LogP contribution in [0.2, 0.25) is 0 Å². The van der Waals surface area contributed by atoms with E-state index in [-0.39, 0.29) is 11.8 Å². The zero-order valence-electron chi connectivity index (χ0n) is 17.4. The third-order valence-corrected chi connectivity index (χ3v) is 5.08. The third-order valence-electron chi connectivity index (χ3n) is 5.08. The van der Waals surface area contributed by atoms with Crippen molar-refractivity contribution in [1.82, 2.24) is 9.97 Å². The Morgan fingerprint density at radius 3 is 2.48 bits per heavy atom. The number of hydrogen-bond donors (Lipinski definition) is 2. The fourth-order valence-electron chi connectivity index (χ4n) is 3.53. The van der Waals surface area contributed by atoms with E-state index in [9.17, 15) is 9.59 Å². The standard InChI is InChI=1S/C25H19N5O3/c31-24-20-7-4-12-27-23(20)33-22-15-19(29-25(32)28-18-5-2-1-3-6-18)8-9-21(22)30(24)16-17-10-13-26-14-11-17/h1-15H,16H2,(H2,28,29,32). The number of para-hydroxylation sites is 1. The van der Waals surface area contributed by atoms with Crippen LogP contribution < -0.4 is 20.3 Å². The molecule has 0 saturated carbocycles. The summed E-state index contributed by atoms with van der Waals surface area (Å²) < 4.78 is 6.02. The molecule has 8 heteroatoms. The number of pyridine rings is 2. The number of nitrogens with one attached hydrogen (secondary N) is 2. The first-order valence-electron chi connectivity index (χ1n) is 10.3. The van der Waals surface area contributed by atoms with Crippen molar-refractivity contribution in [1.29, 1.82) is 0 Å². The molecule has 0 unspecified atom stereocenters. The largest absolute Gasteiger partial charge is 0.436 e. The number of nitrogens with zero attached hydrogens (tertiary/aromatic N) is 3. The molecule has 4 aromatic rings. The van der Waals surface area contributed by atoms with Gasteiger partial charge in [-0.3, -0.25) is 9.78 Å². The molecule has 3 amide bonds. The molecule has 2 aromatic heterocycles. The highest BCUT2D eigenvalue weighted by Crippen LogP contribution is 2.40. The maximum absolute atomic E-state index is 13.4. The van der Waals surface area contributed by atoms with Gasteiger partial charge in [0, 0.05) is 36.0 Å². The Hall–Kier alpha value is -4.72. The summed E-state index contributed by atoms with van der Waals surface area (Å²) in [5, 5.41) is 5.57. The zero-order chi connectivity index (χ0) is 22.6. The molecule has 2 N–H and O–H groups in total. The van der Waals surface area contributed by atoms with Crippen LogP contribution in [-0.4, -0.2) is 21.9 Å². The molecular weight excluding hydrogens is 418 g/mol. The van der Waals surface area contributed by atoms with Crippen LogP contribution in [0.3, 0.4) is 0 Å². The van der Waals surface area contributed by atoms with E-state index in [0.717, 1.165) is 5.56 Å². The maximum Gasteiger partial charge on any atom is 0.323 e. The predicted octanol–water partition coefficient (Wildman–Crippen LogP) is 5.07. The van der Waals surface area contributed by atoms with Crippen LogP contribution in [0.4, 0.5) is 21.9 Å². The van der Waals surface area contributed by atoms with Crippen molar-refractivity contribution in [2.24, 2.45) is 0 Å². The van der Waals surface area contributed by atoms with Crippen LogP contribution in [0.25, 0.3) is 0 Å². The molecule has 0 radical (unpaired) electrons. The Bertz CT molecular complexity index is 1310. The summed E-state index contributed by atoms with van der Waals surface area (Å²) in [5.41, 5.74) is 3.04. The zero-order valence-corrected chi connectivity index (χ0v) is 17.4. The summed E-state index contributed by atoms with van der Waals surface area (Å²) in [6, 6.07) is 21.0. The van der Waals surface area contributed by atoms with Gasteiger partial charge in [-0.1, -0.05) is 18.2 Å². The van der Waals surface area contributed by atoms with Crippen LogP contribution in [0.15, 0.2) is 91.4 Å². The molecule has 1 aliphatic heterocycles. The van der Waals surface area contributed by atoms with Gasteiger partial charge < -0.3 is 20.3 Å². The SMILES string of the molecule is O=C(Nc1ccccc1)Nc1ccc2c(c1)Oc1ncccc1C(=O)N2Cc1ccncc1. The van der Waals surface area contributed by atoms with Crippen molar-refractivity contribution in [2.45, 2.75) is 6.54 Å². The molecule has 33 heavy (non-hydrogen) atoms. The molecule has 0 fully saturated rings. The first kappa shape index (κ1) is 20.2. The van der Waals surface area contributed by atoms with E-state index in [1.165, 1.54) is 0 Å². The number of rotatable bonds is 4. The molecule has 2 aromatic carbocycles. The molecular formula is C25H19N5O3. The van der Waals surface area contributed by atoms with Gasteiger partial charge in [-0.15, -0.1) is 0 Å². The fourth-order valence-corrected chi connectivity index (χ4v) is 3.53. The van der Waals surface area contributed by atoms with Crippen LogP contribution in [-0.2, 0) is 6.54 Å². The van der Waals surface area contributed by atoms with Crippen LogP contribution in [0.1, 0.15) is 15.9 Å². The second-order valence-corrected chi connectivity index (χ2v) is 7.33. The predicted molar refractivity (Wildman–Crippen MR) is 125 cm³/mol. The van der Waals surface area contributed by atoms with Crippen LogP contribution >= 0.6 is 0 Å². The summed E-state index contributed by atoms with van der Waals surface area (Å²) in [6.07, 6.45) is 4.94. The minimum atomic E-state index is -0.391. The highest BCUT2D eigenvalue weighted by Gasteiger charge is 2.29. The van der Waals surface area contributed by atoms with Crippen molar-refractivity contribution in [3.63, 3.8) is 0 Å². The van der Waals surface area contributed by atoms with Gasteiger partial charge in [-0.05, 0) is 54.1 Å². The molecule has 162 valence electrons. The second kappa shape index (κ2) is 8.80. The Morgan fingerprint density at radius 2 is 1.67 bits per heavy atom. The number of fused-ring (bicyclic) bond motifs is 2. The van der Waals surface area contributed by atoms with E-state index in [1.807, 2.05) is 30.3 Å². The number of carbonyl (C=O) groups excluding carboxylic acids is 2. The van der Waals surface area contributed by atoms with E-state index in [2.05, 4.69) is 20.6 Å². The Labute approximate surface area is 189 Å². The van der Waals surface area contributed by atoms with Crippen LogP contribution in [0.5, 0.6) is 11.6 Å². The summed E-state index contributed by atoms with van der Waals surface area (Å²) in [4.78, 5) is 35.7. The lowest BCUT2D eigenvalue weighted by Gasteiger charge is -2.22. The Kier molecular flexibility index (Phi) is 5.38. The minimum absolute atomic E-state index is 0.215. The molecule has 5 rings (SSSR count). The smallest absolute Gasteiger partial charge is 0.323 e. The first-order chi connectivity index (χ1) is 16.2. The van der Waals surface area contributed by atoms with E-state index >= 15 is 0 Å². The summed E-state index contributed by atoms with van der Waals surface area (Å²) in [7, 11) is 0. The number of ether oxygens (including phenoxy) is 1. The average molecular weight is 437 g/mol. The normalized spacial score (nSPS) is 12.1. The van der Waals surface area contributed by atoms with E-state index in [1.54, 1.807) is 66.0 Å². The number of benzene rings is 2. The summed E-state index contributed by atoms with van der Waals surface area (Å²) in [5.74, 6) is 0.399. The van der Waals surface area contributed by atoms with Crippen molar-refractivity contribution in [2.75, 3.05) is 15.5 Å². The topological polar surface area (TPSA) is 96.4 Å². The van der Waals surface area contributed by atoms with Gasteiger partial charge in [0.15, 0.2) is 5.75 Å². The Morgan fingerprint density at radius 1 is 0.879 bits per heavy atom. The summed E-state index contributed by atoms with van der Waals surface area (Å²) in [6.45, 7) is 0.327. The number of amides is 3. The second-order valence-electron chi connectivity index (χ2n) is 7.33. The number of hydrogen-bond acceptors (Lipinski definition) is 5. The van der Waals surface area contributed by atoms with Gasteiger partial charge in [-0.2, -0.15) is 0 Å². The van der Waals surface area contributed by atoms with Gasteiger partial charge in [0.1, 0.15) is 5.56 Å². The van der Waals surface area contributed by atoms with Gasteiger partial charge in [-0.25, -0.2) is 9.78 Å².